The molecule has 0 radical (unpaired) electrons. The van der Waals surface area contributed by atoms with Crippen LogP contribution in [0.25, 0.3) is 0 Å². The van der Waals surface area contributed by atoms with Crippen molar-refractivity contribution in [3.63, 3.8) is 0 Å². The van der Waals surface area contributed by atoms with E-state index in [2.05, 4.69) is 10.1 Å². The molecule has 13 heteroatoms. The van der Waals surface area contributed by atoms with Gasteiger partial charge in [0.2, 0.25) is 0 Å². The second kappa shape index (κ2) is 34.1. The Bertz CT molecular complexity index is 462. The van der Waals surface area contributed by atoms with Crippen molar-refractivity contribution in [1.82, 2.24) is 5.32 Å². The maximum absolute atomic E-state index is 10.9. The zero-order chi connectivity index (χ0) is 27.6. The van der Waals surface area contributed by atoms with Gasteiger partial charge in [-0.2, -0.15) is 0 Å². The molecule has 0 aliphatic rings. The molecule has 0 aliphatic heterocycles. The van der Waals surface area contributed by atoms with Crippen LogP contribution in [0.4, 0.5) is 0 Å². The van der Waals surface area contributed by atoms with Crippen molar-refractivity contribution in [1.29, 1.82) is 0 Å². The molecule has 0 unspecified atom stereocenters. The van der Waals surface area contributed by atoms with Gasteiger partial charge in [-0.1, -0.05) is 0 Å². The van der Waals surface area contributed by atoms with Crippen molar-refractivity contribution in [3.8, 4) is 0 Å². The molecule has 0 aliphatic carbocycles. The van der Waals surface area contributed by atoms with E-state index in [1.165, 1.54) is 7.11 Å². The van der Waals surface area contributed by atoms with Gasteiger partial charge in [0.1, 0.15) is 0 Å². The third-order valence-corrected chi connectivity index (χ3v) is 4.52. The first-order valence-corrected chi connectivity index (χ1v) is 13.3. The van der Waals surface area contributed by atoms with Crippen LogP contribution in [0.5, 0.6) is 0 Å². The summed E-state index contributed by atoms with van der Waals surface area (Å²) in [6, 6.07) is 0. The highest BCUT2D eigenvalue weighted by Crippen LogP contribution is 1.88. The summed E-state index contributed by atoms with van der Waals surface area (Å²) in [5.41, 5.74) is 0. The standard InChI is InChI=1S/C25H51NO12/c1-26-4-6-30-8-10-32-12-14-34-16-18-36-20-22-38-24-23-37-21-19-35-17-15-33-13-11-31-9-7-29-5-3-25(27)28-2/h26H,3-24H2,1-2H3. The average Bonchev–Trinajstić information content (AvgIpc) is 2.93. The lowest BCUT2D eigenvalue weighted by molar-refractivity contribution is -0.141. The van der Waals surface area contributed by atoms with E-state index in [-0.39, 0.29) is 12.4 Å². The highest BCUT2D eigenvalue weighted by molar-refractivity contribution is 5.69. The SMILES string of the molecule is CNCCOCCOCCOCCOCCOCCOCCOCCOCCOCCOCCC(=O)OC. The average molecular weight is 558 g/mol. The highest BCUT2D eigenvalue weighted by atomic mass is 16.6. The lowest BCUT2D eigenvalue weighted by Gasteiger charge is -2.09. The summed E-state index contributed by atoms with van der Waals surface area (Å²) in [7, 11) is 3.25. The summed E-state index contributed by atoms with van der Waals surface area (Å²) in [4.78, 5) is 10.9. The maximum Gasteiger partial charge on any atom is 0.307 e. The van der Waals surface area contributed by atoms with Gasteiger partial charge < -0.3 is 57.4 Å². The van der Waals surface area contributed by atoms with Crippen molar-refractivity contribution >= 4 is 5.97 Å². The molecule has 0 aromatic carbocycles. The Morgan fingerprint density at radius 3 is 0.895 bits per heavy atom. The molecular formula is C25H51NO12. The maximum atomic E-state index is 10.9. The van der Waals surface area contributed by atoms with Crippen LogP contribution >= 0.6 is 0 Å². The molecule has 38 heavy (non-hydrogen) atoms. The second-order valence-corrected chi connectivity index (χ2v) is 7.55. The zero-order valence-corrected chi connectivity index (χ0v) is 23.5. The van der Waals surface area contributed by atoms with E-state index in [9.17, 15) is 4.79 Å². The largest absolute Gasteiger partial charge is 0.469 e. The minimum atomic E-state index is -0.283. The van der Waals surface area contributed by atoms with Gasteiger partial charge in [0.15, 0.2) is 0 Å². The molecule has 13 nitrogen and oxygen atoms in total. The van der Waals surface area contributed by atoms with E-state index >= 15 is 0 Å². The summed E-state index contributed by atoms with van der Waals surface area (Å²) in [5.74, 6) is -0.283. The van der Waals surface area contributed by atoms with Crippen molar-refractivity contribution in [2.45, 2.75) is 6.42 Å². The summed E-state index contributed by atoms with van der Waals surface area (Å²) in [6.45, 7) is 11.1. The number of ether oxygens (including phenoxy) is 11. The number of hydrogen-bond acceptors (Lipinski definition) is 13. The smallest absolute Gasteiger partial charge is 0.307 e. The molecule has 0 aromatic heterocycles. The molecule has 228 valence electrons. The zero-order valence-electron chi connectivity index (χ0n) is 23.5. The number of esters is 1. The molecule has 0 saturated heterocycles. The summed E-state index contributed by atoms with van der Waals surface area (Å²) in [5, 5.41) is 3.01. The van der Waals surface area contributed by atoms with Crippen LogP contribution in [-0.4, -0.2) is 159 Å². The third-order valence-electron chi connectivity index (χ3n) is 4.52. The van der Waals surface area contributed by atoms with Gasteiger partial charge in [0, 0.05) is 6.54 Å². The summed E-state index contributed by atoms with van der Waals surface area (Å²) in [6.07, 6.45) is 0.248. The third kappa shape index (κ3) is 33.1. The lowest BCUT2D eigenvalue weighted by atomic mass is 10.5. The normalized spacial score (nSPS) is 11.3. The van der Waals surface area contributed by atoms with E-state index in [0.717, 1.165) is 6.54 Å². The summed E-state index contributed by atoms with van der Waals surface area (Å²) >= 11 is 0. The Balaban J connectivity index is 3.03. The van der Waals surface area contributed by atoms with Crippen LogP contribution < -0.4 is 5.32 Å². The number of hydrogen-bond donors (Lipinski definition) is 1. The minimum absolute atomic E-state index is 0.248. The van der Waals surface area contributed by atoms with Crippen molar-refractivity contribution < 1.29 is 56.9 Å². The highest BCUT2D eigenvalue weighted by Gasteiger charge is 1.99. The molecule has 0 fully saturated rings. The van der Waals surface area contributed by atoms with E-state index < -0.39 is 0 Å². The first kappa shape index (κ1) is 37.0. The van der Waals surface area contributed by atoms with E-state index in [1.807, 2.05) is 7.05 Å². The monoisotopic (exact) mass is 557 g/mol. The predicted molar refractivity (Wildman–Crippen MR) is 139 cm³/mol. The molecule has 1 N–H and O–H groups in total. The lowest BCUT2D eigenvalue weighted by Crippen LogP contribution is -2.17. The molecule has 0 amide bonds. The summed E-state index contributed by atoms with van der Waals surface area (Å²) < 4.78 is 58.5. The van der Waals surface area contributed by atoms with E-state index in [4.69, 9.17) is 47.4 Å². The van der Waals surface area contributed by atoms with E-state index in [1.54, 1.807) is 0 Å². The minimum Gasteiger partial charge on any atom is -0.469 e. The Kier molecular flexibility index (Phi) is 33.2. The Morgan fingerprint density at radius 2 is 0.658 bits per heavy atom. The van der Waals surface area contributed by atoms with Gasteiger partial charge >= 0.3 is 5.97 Å². The molecule has 0 atom stereocenters. The molecule has 0 bridgehead atoms. The van der Waals surface area contributed by atoms with Crippen LogP contribution in [0, 0.1) is 0 Å². The number of rotatable bonds is 33. The van der Waals surface area contributed by atoms with E-state index in [0.29, 0.717) is 132 Å². The van der Waals surface area contributed by atoms with Crippen molar-refractivity contribution in [2.24, 2.45) is 0 Å². The number of nitrogens with one attached hydrogen (secondary N) is 1. The number of methoxy groups -OCH3 is 1. The quantitative estimate of drug-likeness (QED) is 0.0854. The van der Waals surface area contributed by atoms with Crippen LogP contribution in [0.15, 0.2) is 0 Å². The fourth-order valence-electron chi connectivity index (χ4n) is 2.51. The number of carbonyl (C=O) groups excluding carboxylic acids is 1. The van der Waals surface area contributed by atoms with Crippen LogP contribution in [0.2, 0.25) is 0 Å². The fraction of sp³-hybridized carbons (Fsp3) is 0.960. The molecule has 0 aromatic rings. The first-order valence-electron chi connectivity index (χ1n) is 13.3. The fourth-order valence-corrected chi connectivity index (χ4v) is 2.51. The van der Waals surface area contributed by atoms with Crippen molar-refractivity contribution in [2.75, 3.05) is 153 Å². The first-order chi connectivity index (χ1) is 18.8. The number of carbonyl (C=O) groups is 1. The molecule has 0 spiro atoms. The van der Waals surface area contributed by atoms with Gasteiger partial charge in [0.25, 0.3) is 0 Å². The van der Waals surface area contributed by atoms with Gasteiger partial charge in [-0.05, 0) is 7.05 Å². The second-order valence-electron chi connectivity index (χ2n) is 7.55. The van der Waals surface area contributed by atoms with Crippen LogP contribution in [0.3, 0.4) is 0 Å². The Labute approximate surface area is 227 Å². The number of likely N-dealkylation sites (N-methyl/N-ethyl adjacent to an activating group) is 1. The van der Waals surface area contributed by atoms with Gasteiger partial charge in [-0.25, -0.2) is 0 Å². The predicted octanol–water partition coefficient (Wildman–Crippen LogP) is -0.0651. The van der Waals surface area contributed by atoms with Gasteiger partial charge in [-0.15, -0.1) is 0 Å². The van der Waals surface area contributed by atoms with Crippen LogP contribution in [0.1, 0.15) is 6.42 Å². The van der Waals surface area contributed by atoms with Gasteiger partial charge in [-0.3, -0.25) is 4.79 Å². The van der Waals surface area contributed by atoms with Crippen LogP contribution in [-0.2, 0) is 56.9 Å². The molecule has 0 saturated carbocycles. The Morgan fingerprint density at radius 1 is 0.421 bits per heavy atom. The topological polar surface area (TPSA) is 131 Å². The molecular weight excluding hydrogens is 506 g/mol. The molecule has 0 heterocycles. The molecule has 0 rings (SSSR count). The Hall–Kier alpha value is -0.970. The van der Waals surface area contributed by atoms with Crippen molar-refractivity contribution in [3.05, 3.63) is 0 Å². The van der Waals surface area contributed by atoms with Gasteiger partial charge in [0.05, 0.1) is 146 Å².